The summed E-state index contributed by atoms with van der Waals surface area (Å²) < 4.78 is 5.33. The SMILES string of the molecule is Cc1ccc(NC(=O)[C@@H]2C[C@@H](O)CN2C(=O)OCc2ccccc2)c(C)c1. The van der Waals surface area contributed by atoms with Crippen molar-refractivity contribution >= 4 is 17.7 Å². The minimum absolute atomic E-state index is 0.0819. The number of nitrogens with one attached hydrogen (secondary N) is 1. The zero-order valence-electron chi connectivity index (χ0n) is 15.5. The lowest BCUT2D eigenvalue weighted by Crippen LogP contribution is -2.43. The molecule has 1 aliphatic heterocycles. The van der Waals surface area contributed by atoms with Gasteiger partial charge in [-0.3, -0.25) is 9.69 Å². The van der Waals surface area contributed by atoms with Crippen LogP contribution in [0, 0.1) is 13.8 Å². The van der Waals surface area contributed by atoms with E-state index in [2.05, 4.69) is 5.32 Å². The van der Waals surface area contributed by atoms with Gasteiger partial charge >= 0.3 is 6.09 Å². The van der Waals surface area contributed by atoms with Gasteiger partial charge in [0.25, 0.3) is 0 Å². The predicted molar refractivity (Wildman–Crippen MR) is 102 cm³/mol. The Hall–Kier alpha value is -2.86. The molecular weight excluding hydrogens is 344 g/mol. The van der Waals surface area contributed by atoms with Crippen LogP contribution in [0.1, 0.15) is 23.1 Å². The molecule has 0 bridgehead atoms. The summed E-state index contributed by atoms with van der Waals surface area (Å²) >= 11 is 0. The zero-order chi connectivity index (χ0) is 19.4. The second-order valence-electron chi connectivity index (χ2n) is 6.91. The summed E-state index contributed by atoms with van der Waals surface area (Å²) in [6.45, 7) is 4.10. The Morgan fingerprint density at radius 2 is 1.93 bits per heavy atom. The summed E-state index contributed by atoms with van der Waals surface area (Å²) in [4.78, 5) is 26.5. The number of carbonyl (C=O) groups excluding carboxylic acids is 2. The molecule has 0 unspecified atom stereocenters. The highest BCUT2D eigenvalue weighted by molar-refractivity contribution is 5.97. The summed E-state index contributed by atoms with van der Waals surface area (Å²) in [5.41, 5.74) is 3.61. The van der Waals surface area contributed by atoms with Crippen LogP contribution in [0.25, 0.3) is 0 Å². The minimum Gasteiger partial charge on any atom is -0.445 e. The van der Waals surface area contributed by atoms with Crippen LogP contribution in [0.3, 0.4) is 0 Å². The number of amides is 2. The van der Waals surface area contributed by atoms with Crippen LogP contribution in [0.2, 0.25) is 0 Å². The lowest BCUT2D eigenvalue weighted by Gasteiger charge is -2.23. The third-order valence-corrected chi connectivity index (χ3v) is 4.66. The number of aliphatic hydroxyl groups is 1. The molecule has 1 fully saturated rings. The largest absolute Gasteiger partial charge is 0.445 e. The number of aliphatic hydroxyl groups excluding tert-OH is 1. The molecule has 2 aromatic rings. The van der Waals surface area contributed by atoms with Crippen molar-refractivity contribution in [1.29, 1.82) is 0 Å². The molecular formula is C21H24N2O4. The normalized spacial score (nSPS) is 19.0. The fourth-order valence-electron chi connectivity index (χ4n) is 3.24. The quantitative estimate of drug-likeness (QED) is 0.870. The number of hydrogen-bond donors (Lipinski definition) is 2. The van der Waals surface area contributed by atoms with E-state index >= 15 is 0 Å². The van der Waals surface area contributed by atoms with Crippen molar-refractivity contribution in [2.24, 2.45) is 0 Å². The van der Waals surface area contributed by atoms with E-state index in [0.717, 1.165) is 16.7 Å². The molecule has 27 heavy (non-hydrogen) atoms. The smallest absolute Gasteiger partial charge is 0.410 e. The lowest BCUT2D eigenvalue weighted by atomic mass is 10.1. The van der Waals surface area contributed by atoms with E-state index in [9.17, 15) is 14.7 Å². The number of nitrogens with zero attached hydrogens (tertiary/aromatic N) is 1. The molecule has 0 spiro atoms. The number of β-amino-alcohol motifs (C(OH)–C–C–N with tert-alkyl or cyclic N) is 1. The summed E-state index contributed by atoms with van der Waals surface area (Å²) in [7, 11) is 0. The van der Waals surface area contributed by atoms with Gasteiger partial charge in [-0.15, -0.1) is 0 Å². The Balaban J connectivity index is 1.65. The second-order valence-corrected chi connectivity index (χ2v) is 6.91. The van der Waals surface area contributed by atoms with Gasteiger partial charge in [-0.25, -0.2) is 4.79 Å². The first-order valence-corrected chi connectivity index (χ1v) is 8.97. The molecule has 1 aliphatic rings. The molecule has 2 amide bonds. The number of likely N-dealkylation sites (tertiary alicyclic amines) is 1. The molecule has 6 heteroatoms. The highest BCUT2D eigenvalue weighted by Gasteiger charge is 2.40. The Kier molecular flexibility index (Phi) is 5.76. The standard InChI is InChI=1S/C21H24N2O4/c1-14-8-9-18(15(2)10-14)22-20(25)19-11-17(24)12-23(19)21(26)27-13-16-6-4-3-5-7-16/h3-10,17,19,24H,11-13H2,1-2H3,(H,22,25)/t17-,19+/m1/s1. The third-order valence-electron chi connectivity index (χ3n) is 4.66. The first-order chi connectivity index (χ1) is 12.9. The summed E-state index contributed by atoms with van der Waals surface area (Å²) in [6, 6.07) is 14.3. The van der Waals surface area contributed by atoms with Gasteiger partial charge in [0, 0.05) is 12.1 Å². The molecule has 0 aliphatic carbocycles. The van der Waals surface area contributed by atoms with Gasteiger partial charge in [-0.1, -0.05) is 48.0 Å². The van der Waals surface area contributed by atoms with Crippen molar-refractivity contribution in [2.75, 3.05) is 11.9 Å². The lowest BCUT2D eigenvalue weighted by molar-refractivity contribution is -0.120. The van der Waals surface area contributed by atoms with E-state index in [1.807, 2.05) is 62.4 Å². The van der Waals surface area contributed by atoms with Crippen LogP contribution in [0.4, 0.5) is 10.5 Å². The van der Waals surface area contributed by atoms with Crippen molar-refractivity contribution in [1.82, 2.24) is 4.90 Å². The molecule has 6 nitrogen and oxygen atoms in total. The Morgan fingerprint density at radius 1 is 1.19 bits per heavy atom. The highest BCUT2D eigenvalue weighted by atomic mass is 16.6. The van der Waals surface area contributed by atoms with E-state index in [1.54, 1.807) is 0 Å². The molecule has 142 valence electrons. The summed E-state index contributed by atoms with van der Waals surface area (Å²) in [6.07, 6.45) is -1.16. The fourth-order valence-corrected chi connectivity index (χ4v) is 3.24. The van der Waals surface area contributed by atoms with Crippen LogP contribution in [0.5, 0.6) is 0 Å². The molecule has 0 radical (unpaired) electrons. The van der Waals surface area contributed by atoms with Gasteiger partial charge in [-0.2, -0.15) is 0 Å². The Labute approximate surface area is 158 Å². The Bertz CT molecular complexity index is 822. The molecule has 0 saturated carbocycles. The predicted octanol–water partition coefficient (Wildman–Crippen LogP) is 3.01. The molecule has 2 N–H and O–H groups in total. The van der Waals surface area contributed by atoms with E-state index < -0.39 is 18.2 Å². The fraction of sp³-hybridized carbons (Fsp3) is 0.333. The van der Waals surface area contributed by atoms with Gasteiger partial charge in [-0.05, 0) is 31.0 Å². The second kappa shape index (κ2) is 8.22. The average Bonchev–Trinajstić information content (AvgIpc) is 3.05. The van der Waals surface area contributed by atoms with Gasteiger partial charge < -0.3 is 15.2 Å². The molecule has 3 rings (SSSR count). The highest BCUT2D eigenvalue weighted by Crippen LogP contribution is 2.23. The van der Waals surface area contributed by atoms with Gasteiger partial charge in [0.2, 0.25) is 5.91 Å². The zero-order valence-corrected chi connectivity index (χ0v) is 15.5. The van der Waals surface area contributed by atoms with Gasteiger partial charge in [0.05, 0.1) is 12.6 Å². The van der Waals surface area contributed by atoms with Crippen LogP contribution in [-0.4, -0.2) is 40.7 Å². The summed E-state index contributed by atoms with van der Waals surface area (Å²) in [5, 5.41) is 12.8. The number of carbonyl (C=O) groups is 2. The molecule has 1 heterocycles. The number of ether oxygens (including phenoxy) is 1. The maximum atomic E-state index is 12.7. The minimum atomic E-state index is -0.760. The molecule has 1 saturated heterocycles. The van der Waals surface area contributed by atoms with Crippen molar-refractivity contribution in [3.63, 3.8) is 0 Å². The number of anilines is 1. The monoisotopic (exact) mass is 368 g/mol. The van der Waals surface area contributed by atoms with E-state index in [0.29, 0.717) is 5.69 Å². The molecule has 0 aromatic heterocycles. The number of benzene rings is 2. The molecule has 2 atom stereocenters. The maximum absolute atomic E-state index is 12.7. The van der Waals surface area contributed by atoms with Crippen molar-refractivity contribution in [3.8, 4) is 0 Å². The van der Waals surface area contributed by atoms with Crippen molar-refractivity contribution < 1.29 is 19.4 Å². The van der Waals surface area contributed by atoms with Crippen LogP contribution in [0.15, 0.2) is 48.5 Å². The van der Waals surface area contributed by atoms with Gasteiger partial charge in [0.15, 0.2) is 0 Å². The van der Waals surface area contributed by atoms with Crippen molar-refractivity contribution in [3.05, 3.63) is 65.2 Å². The number of rotatable bonds is 4. The van der Waals surface area contributed by atoms with Crippen LogP contribution < -0.4 is 5.32 Å². The average molecular weight is 368 g/mol. The first kappa shape index (κ1) is 18.9. The number of aryl methyl sites for hydroxylation is 2. The molecule has 2 aromatic carbocycles. The van der Waals surface area contributed by atoms with E-state index in [-0.39, 0.29) is 25.5 Å². The summed E-state index contributed by atoms with van der Waals surface area (Å²) in [5.74, 6) is -0.324. The first-order valence-electron chi connectivity index (χ1n) is 8.97. The van der Waals surface area contributed by atoms with E-state index in [1.165, 1.54) is 4.90 Å². The van der Waals surface area contributed by atoms with Crippen molar-refractivity contribution in [2.45, 2.75) is 39.0 Å². The van der Waals surface area contributed by atoms with Gasteiger partial charge in [0.1, 0.15) is 12.6 Å². The Morgan fingerprint density at radius 3 is 2.63 bits per heavy atom. The van der Waals surface area contributed by atoms with Crippen LogP contribution in [-0.2, 0) is 16.1 Å². The third kappa shape index (κ3) is 4.65. The topological polar surface area (TPSA) is 78.9 Å². The van der Waals surface area contributed by atoms with Crippen LogP contribution >= 0.6 is 0 Å². The number of hydrogen-bond acceptors (Lipinski definition) is 4. The van der Waals surface area contributed by atoms with E-state index in [4.69, 9.17) is 4.74 Å². The maximum Gasteiger partial charge on any atom is 0.410 e.